The third kappa shape index (κ3) is 27.6. The van der Waals surface area contributed by atoms with Crippen LogP contribution in [0.15, 0.2) is 12.2 Å². The van der Waals surface area contributed by atoms with E-state index >= 15 is 0 Å². The Balaban J connectivity index is -0.000000686. The van der Waals surface area contributed by atoms with E-state index in [-0.39, 0.29) is 29.6 Å². The number of unbranched alkanes of at least 4 members (excludes halogenated alkanes) is 11. The molecule has 30 heavy (non-hydrogen) atoms. The summed E-state index contributed by atoms with van der Waals surface area (Å²) in [6.45, 7) is 4.07. The van der Waals surface area contributed by atoms with Gasteiger partial charge < -0.3 is 10.2 Å². The van der Waals surface area contributed by atoms with E-state index in [0.29, 0.717) is 25.0 Å². The van der Waals surface area contributed by atoms with Crippen molar-refractivity contribution in [1.82, 2.24) is 0 Å². The minimum absolute atomic E-state index is 0. The fourth-order valence-electron chi connectivity index (χ4n) is 2.92. The van der Waals surface area contributed by atoms with Gasteiger partial charge in [-0.2, -0.15) is 8.42 Å². The molecule has 0 saturated heterocycles. The van der Waals surface area contributed by atoms with Crippen LogP contribution >= 0.6 is 0 Å². The molecule has 0 spiro atoms. The van der Waals surface area contributed by atoms with E-state index in [1.165, 1.54) is 64.2 Å². The van der Waals surface area contributed by atoms with Crippen LogP contribution in [-0.2, 0) is 19.7 Å². The van der Waals surface area contributed by atoms with Gasteiger partial charge in [0.2, 0.25) is 0 Å². The quantitative estimate of drug-likeness (QED) is 0.123. The first-order chi connectivity index (χ1) is 13.6. The van der Waals surface area contributed by atoms with Crippen LogP contribution in [0.4, 0.5) is 0 Å². The molecule has 0 aliphatic carbocycles. The van der Waals surface area contributed by atoms with Crippen molar-refractivity contribution in [2.75, 3.05) is 0 Å². The van der Waals surface area contributed by atoms with E-state index in [9.17, 15) is 18.0 Å². The van der Waals surface area contributed by atoms with Gasteiger partial charge in [0.05, 0.1) is 5.25 Å². The van der Waals surface area contributed by atoms with Crippen molar-refractivity contribution in [1.29, 1.82) is 0 Å². The molecule has 0 heterocycles. The molecule has 0 aliphatic heterocycles. The Labute approximate surface area is 204 Å². The fourth-order valence-corrected chi connectivity index (χ4v) is 3.81. The zero-order valence-electron chi connectivity index (χ0n) is 18.0. The van der Waals surface area contributed by atoms with Gasteiger partial charge in [0.25, 0.3) is 10.1 Å². The molecule has 0 saturated carbocycles. The van der Waals surface area contributed by atoms with Gasteiger partial charge in [0.1, 0.15) is 0 Å². The van der Waals surface area contributed by atoms with Gasteiger partial charge >= 0.3 is 41.5 Å². The van der Waals surface area contributed by atoms with Crippen molar-refractivity contribution >= 4 is 51.6 Å². The third-order valence-electron chi connectivity index (χ3n) is 4.62. The van der Waals surface area contributed by atoms with E-state index in [1.54, 1.807) is 0 Å². The zero-order chi connectivity index (χ0) is 22.5. The van der Waals surface area contributed by atoms with E-state index < -0.39 is 27.3 Å². The Kier molecular flexibility index (Phi) is 26.5. The molecule has 0 aromatic rings. The van der Waals surface area contributed by atoms with Gasteiger partial charge in [-0.15, -0.1) is 0 Å². The van der Waals surface area contributed by atoms with Crippen LogP contribution in [0.5, 0.6) is 0 Å². The molecular weight excluding hydrogens is 419 g/mol. The Morgan fingerprint density at radius 3 is 1.33 bits per heavy atom. The Morgan fingerprint density at radius 2 is 1.07 bits per heavy atom. The number of carbonyl (C=O) groups is 2. The first kappa shape index (κ1) is 34.2. The topological polar surface area (TPSA) is 129 Å². The SMILES string of the molecule is CCCCCCCCCCCCCCC(CC)S(=O)(=O)O.O=C(O)/C=C\C(=O)O.[NaH]. The first-order valence-corrected chi connectivity index (χ1v) is 12.3. The summed E-state index contributed by atoms with van der Waals surface area (Å²) in [5.74, 6) is -2.51. The van der Waals surface area contributed by atoms with Gasteiger partial charge in [-0.05, 0) is 12.8 Å². The first-order valence-electron chi connectivity index (χ1n) is 10.7. The van der Waals surface area contributed by atoms with Crippen LogP contribution in [-0.4, -0.2) is 69.9 Å². The summed E-state index contributed by atoms with van der Waals surface area (Å²) >= 11 is 0. The molecule has 7 nitrogen and oxygen atoms in total. The minimum atomic E-state index is -3.83. The molecule has 0 rings (SSSR count). The van der Waals surface area contributed by atoms with Gasteiger partial charge in [0, 0.05) is 12.2 Å². The normalized spacial score (nSPS) is 12.0. The number of aliphatic carboxylic acids is 2. The molecule has 0 amide bonds. The van der Waals surface area contributed by atoms with E-state index in [4.69, 9.17) is 14.8 Å². The van der Waals surface area contributed by atoms with E-state index in [0.717, 1.165) is 12.8 Å². The summed E-state index contributed by atoms with van der Waals surface area (Å²) in [7, 11) is -3.83. The summed E-state index contributed by atoms with van der Waals surface area (Å²) in [6.07, 6.45) is 17.6. The van der Waals surface area contributed by atoms with Gasteiger partial charge in [-0.3, -0.25) is 4.55 Å². The summed E-state index contributed by atoms with van der Waals surface area (Å²) < 4.78 is 31.1. The molecule has 1 atom stereocenters. The molecule has 9 heteroatoms. The van der Waals surface area contributed by atoms with Crippen molar-refractivity contribution in [2.45, 2.75) is 109 Å². The number of carboxylic acids is 2. The zero-order valence-corrected chi connectivity index (χ0v) is 18.8. The molecule has 0 bridgehead atoms. The van der Waals surface area contributed by atoms with Gasteiger partial charge in [-0.25, -0.2) is 9.59 Å². The van der Waals surface area contributed by atoms with Crippen molar-refractivity contribution in [3.8, 4) is 0 Å². The standard InChI is InChI=1S/C17H36O3S.C4H4O4.Na.H/c1-3-5-6-7-8-9-10-11-12-13-14-15-16-17(4-2)21(18,19)20;5-3(6)1-2-4(7)8;;/h17H,3-16H2,1-2H3,(H,18,19,20);1-2H,(H,5,6)(H,7,8);;/b;2-1-;;. The summed E-state index contributed by atoms with van der Waals surface area (Å²) in [5, 5.41) is 15.1. The van der Waals surface area contributed by atoms with Crippen molar-refractivity contribution in [3.05, 3.63) is 12.2 Å². The summed E-state index contributed by atoms with van der Waals surface area (Å²) in [6, 6.07) is 0. The Hall–Kier alpha value is -0.410. The monoisotopic (exact) mass is 460 g/mol. The predicted molar refractivity (Wildman–Crippen MR) is 123 cm³/mol. The second kappa shape index (κ2) is 23.3. The van der Waals surface area contributed by atoms with Gasteiger partial charge in [0.15, 0.2) is 0 Å². The maximum absolute atomic E-state index is 11.1. The average Bonchev–Trinajstić information content (AvgIpc) is 2.63. The van der Waals surface area contributed by atoms with Crippen LogP contribution in [0.25, 0.3) is 0 Å². The molecule has 0 aromatic carbocycles. The Bertz CT molecular complexity index is 532. The number of carboxylic acid groups (broad SMARTS) is 2. The van der Waals surface area contributed by atoms with Crippen molar-refractivity contribution in [2.24, 2.45) is 0 Å². The third-order valence-corrected chi connectivity index (χ3v) is 6.04. The Morgan fingerprint density at radius 1 is 0.733 bits per heavy atom. The molecule has 0 fully saturated rings. The fraction of sp³-hybridized carbons (Fsp3) is 0.810. The second-order valence-corrected chi connectivity index (χ2v) is 8.93. The number of rotatable bonds is 17. The molecule has 1 unspecified atom stereocenters. The molecule has 0 aliphatic rings. The second-order valence-electron chi connectivity index (χ2n) is 7.23. The average molecular weight is 461 g/mol. The van der Waals surface area contributed by atoms with Crippen LogP contribution in [0, 0.1) is 0 Å². The van der Waals surface area contributed by atoms with Crippen LogP contribution in [0.3, 0.4) is 0 Å². The number of hydrogen-bond acceptors (Lipinski definition) is 4. The molecule has 0 radical (unpaired) electrons. The molecule has 3 N–H and O–H groups in total. The van der Waals surface area contributed by atoms with Crippen molar-refractivity contribution in [3.63, 3.8) is 0 Å². The van der Waals surface area contributed by atoms with Crippen molar-refractivity contribution < 1.29 is 32.8 Å². The van der Waals surface area contributed by atoms with Crippen LogP contribution in [0.1, 0.15) is 104 Å². The molecule has 174 valence electrons. The number of hydrogen-bond donors (Lipinski definition) is 3. The molecule has 0 aromatic heterocycles. The predicted octanol–water partition coefficient (Wildman–Crippen LogP) is 4.81. The van der Waals surface area contributed by atoms with E-state index in [2.05, 4.69) is 6.92 Å². The van der Waals surface area contributed by atoms with Crippen LogP contribution in [0.2, 0.25) is 0 Å². The van der Waals surface area contributed by atoms with Crippen LogP contribution < -0.4 is 0 Å². The van der Waals surface area contributed by atoms with E-state index in [1.807, 2.05) is 6.92 Å². The maximum atomic E-state index is 11.1. The molecular formula is C21H41NaO7S. The summed E-state index contributed by atoms with van der Waals surface area (Å²) in [4.78, 5) is 19.1. The summed E-state index contributed by atoms with van der Waals surface area (Å²) in [5.41, 5.74) is 0. The van der Waals surface area contributed by atoms with Gasteiger partial charge in [-0.1, -0.05) is 90.9 Å².